The maximum atomic E-state index is 4.71. The summed E-state index contributed by atoms with van der Waals surface area (Å²) in [6, 6.07) is 2.04. The summed E-state index contributed by atoms with van der Waals surface area (Å²) < 4.78 is 0. The SMILES string of the molecule is CCCNc1cc(N(C)CCC)nc(C(C)(C)C)n1. The van der Waals surface area contributed by atoms with Crippen LogP contribution < -0.4 is 10.2 Å². The van der Waals surface area contributed by atoms with Crippen molar-refractivity contribution in [3.63, 3.8) is 0 Å². The van der Waals surface area contributed by atoms with E-state index >= 15 is 0 Å². The van der Waals surface area contributed by atoms with Crippen LogP contribution in [0.25, 0.3) is 0 Å². The zero-order valence-electron chi connectivity index (χ0n) is 13.2. The third-order valence-electron chi connectivity index (χ3n) is 2.89. The number of hydrogen-bond donors (Lipinski definition) is 1. The highest BCUT2D eigenvalue weighted by Gasteiger charge is 2.19. The Morgan fingerprint density at radius 2 is 1.84 bits per heavy atom. The maximum absolute atomic E-state index is 4.71. The molecule has 4 heteroatoms. The zero-order chi connectivity index (χ0) is 14.5. The summed E-state index contributed by atoms with van der Waals surface area (Å²) in [6.07, 6.45) is 2.21. The molecule has 0 spiro atoms. The van der Waals surface area contributed by atoms with E-state index in [0.717, 1.165) is 43.4 Å². The van der Waals surface area contributed by atoms with Crippen molar-refractivity contribution in [1.82, 2.24) is 9.97 Å². The number of aromatic nitrogens is 2. The molecule has 1 N–H and O–H groups in total. The maximum Gasteiger partial charge on any atom is 0.138 e. The van der Waals surface area contributed by atoms with Gasteiger partial charge in [0.2, 0.25) is 0 Å². The second-order valence-electron chi connectivity index (χ2n) is 6.03. The minimum Gasteiger partial charge on any atom is -0.370 e. The lowest BCUT2D eigenvalue weighted by Crippen LogP contribution is -2.23. The predicted octanol–water partition coefficient (Wildman–Crippen LogP) is 3.44. The average Bonchev–Trinajstić information content (AvgIpc) is 2.35. The Kier molecular flexibility index (Phi) is 5.58. The van der Waals surface area contributed by atoms with Crippen LogP contribution in [0.1, 0.15) is 53.3 Å². The first-order valence-electron chi connectivity index (χ1n) is 7.23. The first kappa shape index (κ1) is 15.7. The lowest BCUT2D eigenvalue weighted by molar-refractivity contribution is 0.545. The first-order valence-corrected chi connectivity index (χ1v) is 7.23. The minimum atomic E-state index is -0.0360. The lowest BCUT2D eigenvalue weighted by Gasteiger charge is -2.23. The molecule has 0 unspecified atom stereocenters. The van der Waals surface area contributed by atoms with E-state index in [4.69, 9.17) is 4.98 Å². The molecule has 1 aromatic rings. The van der Waals surface area contributed by atoms with Crippen LogP contribution in [0, 0.1) is 0 Å². The molecule has 19 heavy (non-hydrogen) atoms. The monoisotopic (exact) mass is 264 g/mol. The molecule has 0 aromatic carbocycles. The van der Waals surface area contributed by atoms with Crippen molar-refractivity contribution in [3.05, 3.63) is 11.9 Å². The molecule has 0 saturated carbocycles. The largest absolute Gasteiger partial charge is 0.370 e. The highest BCUT2D eigenvalue weighted by atomic mass is 15.2. The fraction of sp³-hybridized carbons (Fsp3) is 0.733. The van der Waals surface area contributed by atoms with Gasteiger partial charge in [-0.25, -0.2) is 9.97 Å². The van der Waals surface area contributed by atoms with Gasteiger partial charge in [-0.1, -0.05) is 34.6 Å². The van der Waals surface area contributed by atoms with E-state index < -0.39 is 0 Å². The van der Waals surface area contributed by atoms with E-state index in [1.54, 1.807) is 0 Å². The van der Waals surface area contributed by atoms with Gasteiger partial charge in [0.15, 0.2) is 0 Å². The van der Waals surface area contributed by atoms with Gasteiger partial charge >= 0.3 is 0 Å². The Hall–Kier alpha value is -1.32. The Labute approximate surface area is 117 Å². The Morgan fingerprint density at radius 3 is 2.37 bits per heavy atom. The van der Waals surface area contributed by atoms with Crippen LogP contribution in [-0.4, -0.2) is 30.1 Å². The molecule has 1 heterocycles. The van der Waals surface area contributed by atoms with E-state index in [-0.39, 0.29) is 5.41 Å². The smallest absolute Gasteiger partial charge is 0.138 e. The van der Waals surface area contributed by atoms with Gasteiger partial charge in [0.1, 0.15) is 17.5 Å². The standard InChI is InChI=1S/C15H28N4/c1-7-9-16-12-11-13(19(6)10-8-2)18-14(17-12)15(3,4)5/h11H,7-10H2,1-6H3,(H,16,17,18). The van der Waals surface area contributed by atoms with Crippen LogP contribution in [0.15, 0.2) is 6.07 Å². The molecule has 4 nitrogen and oxygen atoms in total. The third-order valence-corrected chi connectivity index (χ3v) is 2.89. The fourth-order valence-electron chi connectivity index (χ4n) is 1.76. The van der Waals surface area contributed by atoms with E-state index in [2.05, 4.69) is 56.9 Å². The molecule has 0 radical (unpaired) electrons. The number of rotatable bonds is 6. The Bertz CT molecular complexity index is 396. The molecule has 1 aromatic heterocycles. The van der Waals surface area contributed by atoms with Gasteiger partial charge in [-0.3, -0.25) is 0 Å². The summed E-state index contributed by atoms with van der Waals surface area (Å²) in [6.45, 7) is 12.7. The van der Waals surface area contributed by atoms with Crippen LogP contribution in [0.4, 0.5) is 11.6 Å². The van der Waals surface area contributed by atoms with Gasteiger partial charge in [-0.2, -0.15) is 0 Å². The summed E-state index contributed by atoms with van der Waals surface area (Å²) in [7, 11) is 2.09. The van der Waals surface area contributed by atoms with Crippen molar-refractivity contribution in [1.29, 1.82) is 0 Å². The van der Waals surface area contributed by atoms with Crippen LogP contribution >= 0.6 is 0 Å². The van der Waals surface area contributed by atoms with E-state index in [1.807, 2.05) is 6.07 Å². The second-order valence-corrected chi connectivity index (χ2v) is 6.03. The normalized spacial score (nSPS) is 11.5. The van der Waals surface area contributed by atoms with Crippen molar-refractivity contribution < 1.29 is 0 Å². The van der Waals surface area contributed by atoms with Gasteiger partial charge in [0.25, 0.3) is 0 Å². The van der Waals surface area contributed by atoms with Crippen LogP contribution in [0.5, 0.6) is 0 Å². The van der Waals surface area contributed by atoms with Gasteiger partial charge in [0, 0.05) is 31.6 Å². The topological polar surface area (TPSA) is 41.0 Å². The summed E-state index contributed by atoms with van der Waals surface area (Å²) in [5.41, 5.74) is -0.0360. The van der Waals surface area contributed by atoms with Crippen LogP contribution in [-0.2, 0) is 5.41 Å². The number of nitrogens with zero attached hydrogens (tertiary/aromatic N) is 3. The van der Waals surface area contributed by atoms with Crippen molar-refractivity contribution in [2.45, 2.75) is 52.9 Å². The fourth-order valence-corrected chi connectivity index (χ4v) is 1.76. The van der Waals surface area contributed by atoms with Gasteiger partial charge < -0.3 is 10.2 Å². The summed E-state index contributed by atoms with van der Waals surface area (Å²) in [5, 5.41) is 3.37. The second kappa shape index (κ2) is 6.73. The molecule has 0 bridgehead atoms. The van der Waals surface area contributed by atoms with Crippen molar-refractivity contribution in [2.75, 3.05) is 30.4 Å². The summed E-state index contributed by atoms with van der Waals surface area (Å²) >= 11 is 0. The predicted molar refractivity (Wildman–Crippen MR) is 83.1 cm³/mol. The molecule has 0 aliphatic heterocycles. The molecule has 0 amide bonds. The Balaban J connectivity index is 3.08. The van der Waals surface area contributed by atoms with Crippen molar-refractivity contribution >= 4 is 11.6 Å². The molecule has 0 saturated heterocycles. The summed E-state index contributed by atoms with van der Waals surface area (Å²) in [5.74, 6) is 2.83. The molecular formula is C15H28N4. The number of nitrogens with one attached hydrogen (secondary N) is 1. The zero-order valence-corrected chi connectivity index (χ0v) is 13.2. The van der Waals surface area contributed by atoms with E-state index in [1.165, 1.54) is 0 Å². The molecule has 108 valence electrons. The molecule has 0 aliphatic carbocycles. The quantitative estimate of drug-likeness (QED) is 0.854. The molecular weight excluding hydrogens is 236 g/mol. The number of anilines is 2. The van der Waals surface area contributed by atoms with Gasteiger partial charge in [-0.05, 0) is 12.8 Å². The molecule has 0 aliphatic rings. The van der Waals surface area contributed by atoms with Crippen molar-refractivity contribution in [3.8, 4) is 0 Å². The van der Waals surface area contributed by atoms with Gasteiger partial charge in [-0.15, -0.1) is 0 Å². The summed E-state index contributed by atoms with van der Waals surface area (Å²) in [4.78, 5) is 11.5. The number of hydrogen-bond acceptors (Lipinski definition) is 4. The lowest BCUT2D eigenvalue weighted by atomic mass is 9.96. The van der Waals surface area contributed by atoms with E-state index in [9.17, 15) is 0 Å². The van der Waals surface area contributed by atoms with Gasteiger partial charge in [0.05, 0.1) is 0 Å². The van der Waals surface area contributed by atoms with E-state index in [0.29, 0.717) is 0 Å². The van der Waals surface area contributed by atoms with Crippen LogP contribution in [0.3, 0.4) is 0 Å². The molecule has 0 fully saturated rings. The third kappa shape index (κ3) is 4.69. The average molecular weight is 264 g/mol. The first-order chi connectivity index (χ1) is 8.88. The Morgan fingerprint density at radius 1 is 1.16 bits per heavy atom. The van der Waals surface area contributed by atoms with Crippen LogP contribution in [0.2, 0.25) is 0 Å². The minimum absolute atomic E-state index is 0.0360. The molecule has 0 atom stereocenters. The molecule has 1 rings (SSSR count). The highest BCUT2D eigenvalue weighted by Crippen LogP contribution is 2.23. The highest BCUT2D eigenvalue weighted by molar-refractivity contribution is 5.49. The van der Waals surface area contributed by atoms with Crippen molar-refractivity contribution in [2.24, 2.45) is 0 Å².